The second-order valence-corrected chi connectivity index (χ2v) is 5.98. The van der Waals surface area contributed by atoms with Gasteiger partial charge in [0.1, 0.15) is 12.7 Å². The Morgan fingerprint density at radius 1 is 1.39 bits per heavy atom. The van der Waals surface area contributed by atoms with Crippen LogP contribution < -0.4 is 10.6 Å². The molecular formula is C17H20N8O3. The van der Waals surface area contributed by atoms with Gasteiger partial charge in [0.05, 0.1) is 5.69 Å². The average Bonchev–Trinajstić information content (AvgIpc) is 3.36. The van der Waals surface area contributed by atoms with Crippen molar-refractivity contribution in [3.63, 3.8) is 0 Å². The van der Waals surface area contributed by atoms with Gasteiger partial charge in [-0.05, 0) is 19.0 Å². The number of carboxylic acid groups (broad SMARTS) is 1. The van der Waals surface area contributed by atoms with Gasteiger partial charge < -0.3 is 15.7 Å². The highest BCUT2D eigenvalue weighted by Gasteiger charge is 2.21. The van der Waals surface area contributed by atoms with Gasteiger partial charge in [-0.3, -0.25) is 14.7 Å². The lowest BCUT2D eigenvalue weighted by Gasteiger charge is -2.13. The fourth-order valence-electron chi connectivity index (χ4n) is 2.78. The lowest BCUT2D eigenvalue weighted by molar-refractivity contribution is -0.134. The zero-order chi connectivity index (χ0) is 19.9. The van der Waals surface area contributed by atoms with Crippen LogP contribution in [0.1, 0.15) is 34.2 Å². The highest BCUT2D eigenvalue weighted by Crippen LogP contribution is 2.16. The molecule has 4 N–H and O–H groups in total. The zero-order valence-electron chi connectivity index (χ0n) is 15.2. The molecule has 0 bridgehead atoms. The van der Waals surface area contributed by atoms with Gasteiger partial charge in [-0.15, -0.1) is 0 Å². The third-order valence-electron chi connectivity index (χ3n) is 3.96. The van der Waals surface area contributed by atoms with Crippen molar-refractivity contribution in [2.24, 2.45) is 0 Å². The number of H-pyrrole nitrogens is 1. The predicted octanol–water partition coefficient (Wildman–Crippen LogP) is 0.0520. The number of carbonyl (C=O) groups is 2. The third kappa shape index (κ3) is 4.57. The van der Waals surface area contributed by atoms with E-state index >= 15 is 0 Å². The van der Waals surface area contributed by atoms with Crippen molar-refractivity contribution in [3.8, 4) is 5.82 Å². The number of aromatic nitrogens is 6. The lowest BCUT2D eigenvalue weighted by atomic mass is 10.1. The molecule has 0 saturated heterocycles. The first-order chi connectivity index (χ1) is 13.6. The van der Waals surface area contributed by atoms with Gasteiger partial charge in [0.25, 0.3) is 11.9 Å². The molecule has 0 fully saturated rings. The molecule has 28 heavy (non-hydrogen) atoms. The summed E-state index contributed by atoms with van der Waals surface area (Å²) in [5.41, 5.74) is 3.30. The molecular weight excluding hydrogens is 364 g/mol. The summed E-state index contributed by atoms with van der Waals surface area (Å²) in [6, 6.07) is 3.72. The molecule has 1 aliphatic heterocycles. The Bertz CT molecular complexity index is 947. The molecule has 11 heteroatoms. The zero-order valence-corrected chi connectivity index (χ0v) is 15.2. The third-order valence-corrected chi connectivity index (χ3v) is 3.96. The van der Waals surface area contributed by atoms with Gasteiger partial charge in [-0.2, -0.15) is 10.2 Å². The number of aliphatic carboxylic acids is 1. The van der Waals surface area contributed by atoms with Crippen LogP contribution in [0.4, 0.5) is 0 Å². The van der Waals surface area contributed by atoms with Gasteiger partial charge in [0.15, 0.2) is 11.5 Å². The fourth-order valence-corrected chi connectivity index (χ4v) is 2.78. The van der Waals surface area contributed by atoms with Gasteiger partial charge >= 0.3 is 0 Å². The highest BCUT2D eigenvalue weighted by atomic mass is 16.4. The van der Waals surface area contributed by atoms with E-state index in [4.69, 9.17) is 9.90 Å². The van der Waals surface area contributed by atoms with Crippen LogP contribution in [0.15, 0.2) is 31.0 Å². The highest BCUT2D eigenvalue weighted by molar-refractivity contribution is 5.94. The van der Waals surface area contributed by atoms with Crippen molar-refractivity contribution in [2.45, 2.75) is 26.4 Å². The van der Waals surface area contributed by atoms with Crippen molar-refractivity contribution in [1.82, 2.24) is 40.6 Å². The summed E-state index contributed by atoms with van der Waals surface area (Å²) in [5, 5.41) is 24.8. The number of aromatic amines is 1. The van der Waals surface area contributed by atoms with Gasteiger partial charge in [0.2, 0.25) is 0 Å². The quantitative estimate of drug-likeness (QED) is 0.493. The molecule has 0 aliphatic carbocycles. The summed E-state index contributed by atoms with van der Waals surface area (Å²) in [6.07, 6.45) is 5.50. The van der Waals surface area contributed by atoms with E-state index in [1.54, 1.807) is 17.2 Å². The number of fused-ring (bicyclic) bond motifs is 1. The van der Waals surface area contributed by atoms with Gasteiger partial charge in [-0.1, -0.05) is 6.07 Å². The smallest absolute Gasteiger partial charge is 0.300 e. The Morgan fingerprint density at radius 3 is 2.96 bits per heavy atom. The molecule has 0 saturated carbocycles. The minimum atomic E-state index is -0.833. The molecule has 1 aliphatic rings. The largest absolute Gasteiger partial charge is 0.481 e. The number of amides is 1. The number of nitrogens with zero attached hydrogens (tertiary/aromatic N) is 5. The van der Waals surface area contributed by atoms with Crippen LogP contribution in [0.5, 0.6) is 0 Å². The summed E-state index contributed by atoms with van der Waals surface area (Å²) in [4.78, 5) is 29.7. The predicted molar refractivity (Wildman–Crippen MR) is 97.6 cm³/mol. The average molecular weight is 384 g/mol. The summed E-state index contributed by atoms with van der Waals surface area (Å²) in [7, 11) is 0. The summed E-state index contributed by atoms with van der Waals surface area (Å²) in [5.74, 6) is -0.383. The second-order valence-electron chi connectivity index (χ2n) is 5.98. The molecule has 0 radical (unpaired) electrons. The lowest BCUT2D eigenvalue weighted by Crippen LogP contribution is -2.28. The van der Waals surface area contributed by atoms with E-state index in [0.717, 1.165) is 36.7 Å². The normalized spacial score (nSPS) is 12.5. The Balaban J connectivity index is 0.000000516. The molecule has 0 spiro atoms. The Morgan fingerprint density at radius 2 is 2.21 bits per heavy atom. The first kappa shape index (κ1) is 19.2. The maximum Gasteiger partial charge on any atom is 0.300 e. The number of nitrogens with one attached hydrogen (secondary N) is 3. The van der Waals surface area contributed by atoms with E-state index in [0.29, 0.717) is 24.6 Å². The summed E-state index contributed by atoms with van der Waals surface area (Å²) in [6.45, 7) is 2.99. The molecule has 0 unspecified atom stereocenters. The summed E-state index contributed by atoms with van der Waals surface area (Å²) < 4.78 is 1.57. The monoisotopic (exact) mass is 384 g/mol. The van der Waals surface area contributed by atoms with Crippen LogP contribution in [0.3, 0.4) is 0 Å². The van der Waals surface area contributed by atoms with Crippen molar-refractivity contribution in [2.75, 3.05) is 6.54 Å². The van der Waals surface area contributed by atoms with E-state index in [1.807, 2.05) is 12.1 Å². The number of pyridine rings is 1. The van der Waals surface area contributed by atoms with Crippen LogP contribution in [-0.2, 0) is 24.3 Å². The van der Waals surface area contributed by atoms with E-state index in [-0.39, 0.29) is 5.91 Å². The second kappa shape index (κ2) is 8.86. The van der Waals surface area contributed by atoms with Crippen molar-refractivity contribution in [3.05, 3.63) is 53.5 Å². The van der Waals surface area contributed by atoms with Crippen LogP contribution in [0, 0.1) is 0 Å². The minimum Gasteiger partial charge on any atom is -0.481 e. The van der Waals surface area contributed by atoms with Crippen LogP contribution >= 0.6 is 0 Å². The first-order valence-corrected chi connectivity index (χ1v) is 8.59. The molecule has 0 aromatic carbocycles. The Labute approximate surface area is 160 Å². The molecule has 11 nitrogen and oxygen atoms in total. The summed E-state index contributed by atoms with van der Waals surface area (Å²) >= 11 is 0. The molecule has 4 rings (SSSR count). The maximum atomic E-state index is 12.5. The van der Waals surface area contributed by atoms with E-state index in [9.17, 15) is 4.79 Å². The Hall–Kier alpha value is -3.60. The van der Waals surface area contributed by atoms with Crippen LogP contribution in [-0.4, -0.2) is 53.5 Å². The topological polar surface area (TPSA) is 151 Å². The minimum absolute atomic E-state index is 0.192. The van der Waals surface area contributed by atoms with Crippen molar-refractivity contribution in [1.29, 1.82) is 0 Å². The van der Waals surface area contributed by atoms with E-state index in [2.05, 4.69) is 35.9 Å². The van der Waals surface area contributed by atoms with Crippen LogP contribution in [0.25, 0.3) is 5.82 Å². The fraction of sp³-hybridized carbons (Fsp3) is 0.294. The SMILES string of the molecule is CC(=O)O.O=C(NCc1cccnc1-n1cncn1)c1n[nH]c2c1CCNC2. The number of rotatable bonds is 4. The van der Waals surface area contributed by atoms with Gasteiger partial charge in [0, 0.05) is 37.3 Å². The van der Waals surface area contributed by atoms with E-state index < -0.39 is 5.97 Å². The standard InChI is InChI=1S/C15H16N8O.C2H4O2/c24-15(13-11-3-5-16-7-12(11)21-22-13)19-6-10-2-1-4-18-14(10)23-9-17-8-20-23;1-2(3)4/h1-2,4,8-9,16H,3,5-7H2,(H,19,24)(H,21,22);1H3,(H,3,4). The molecule has 4 heterocycles. The van der Waals surface area contributed by atoms with E-state index in [1.165, 1.54) is 6.33 Å². The van der Waals surface area contributed by atoms with Crippen molar-refractivity contribution < 1.29 is 14.7 Å². The number of hydrogen-bond donors (Lipinski definition) is 4. The number of carbonyl (C=O) groups excluding carboxylic acids is 1. The number of carboxylic acids is 1. The molecule has 3 aromatic rings. The van der Waals surface area contributed by atoms with Gasteiger partial charge in [-0.25, -0.2) is 14.6 Å². The molecule has 0 atom stereocenters. The van der Waals surface area contributed by atoms with Crippen LogP contribution in [0.2, 0.25) is 0 Å². The first-order valence-electron chi connectivity index (χ1n) is 8.59. The molecule has 3 aromatic heterocycles. The maximum absolute atomic E-state index is 12.5. The Kier molecular flexibility index (Phi) is 6.07. The van der Waals surface area contributed by atoms with Crippen molar-refractivity contribution >= 4 is 11.9 Å². The molecule has 146 valence electrons. The molecule has 1 amide bonds. The number of hydrogen-bond acceptors (Lipinski definition) is 7.